The third kappa shape index (κ3) is 4.14. The van der Waals surface area contributed by atoms with Crippen LogP contribution in [-0.2, 0) is 22.4 Å². The van der Waals surface area contributed by atoms with E-state index in [0.29, 0.717) is 12.8 Å². The van der Waals surface area contributed by atoms with E-state index in [1.807, 2.05) is 46.3 Å². The van der Waals surface area contributed by atoms with Gasteiger partial charge in [0, 0.05) is 54.5 Å². The number of nitrogens with zero attached hydrogens (tertiary/aromatic N) is 4. The van der Waals surface area contributed by atoms with Crippen LogP contribution in [0.25, 0.3) is 10.9 Å². The Hall–Kier alpha value is -3.91. The maximum Gasteiger partial charge on any atom is 0.246 e. The molecular weight excluding hydrogens is 488 g/mol. The van der Waals surface area contributed by atoms with Crippen LogP contribution in [0, 0.1) is 0 Å². The van der Waals surface area contributed by atoms with Crippen LogP contribution in [0.2, 0.25) is 0 Å². The summed E-state index contributed by atoms with van der Waals surface area (Å²) in [6, 6.07) is 18.2. The highest BCUT2D eigenvalue weighted by molar-refractivity contribution is 5.97. The summed E-state index contributed by atoms with van der Waals surface area (Å²) < 4.78 is 0. The van der Waals surface area contributed by atoms with Gasteiger partial charge in [0.15, 0.2) is 0 Å². The third-order valence-electron chi connectivity index (χ3n) is 9.09. The Bertz CT molecular complexity index is 1490. The Balaban J connectivity index is 1.16. The van der Waals surface area contributed by atoms with Gasteiger partial charge in [-0.1, -0.05) is 48.5 Å². The number of hydrogen-bond acceptors (Lipinski definition) is 4. The average Bonchev–Trinajstić information content (AvgIpc) is 3.64. The number of hydrogen-bond donors (Lipinski definition) is 2. The van der Waals surface area contributed by atoms with Crippen molar-refractivity contribution in [1.82, 2.24) is 29.7 Å². The molecule has 2 N–H and O–H groups in total. The van der Waals surface area contributed by atoms with E-state index in [4.69, 9.17) is 0 Å². The second-order valence-corrected chi connectivity index (χ2v) is 11.2. The first-order valence-electron chi connectivity index (χ1n) is 14.1. The zero-order valence-electron chi connectivity index (χ0n) is 22.2. The highest BCUT2D eigenvalue weighted by Gasteiger charge is 2.49. The van der Waals surface area contributed by atoms with Gasteiger partial charge in [0.1, 0.15) is 18.4 Å². The van der Waals surface area contributed by atoms with Crippen LogP contribution in [0.3, 0.4) is 0 Å². The molecule has 7 rings (SSSR count). The Morgan fingerprint density at radius 3 is 2.56 bits per heavy atom. The van der Waals surface area contributed by atoms with Gasteiger partial charge >= 0.3 is 0 Å². The molecule has 5 heterocycles. The van der Waals surface area contributed by atoms with Crippen molar-refractivity contribution in [1.29, 1.82) is 0 Å². The van der Waals surface area contributed by atoms with Gasteiger partial charge in [-0.05, 0) is 43.4 Å². The Morgan fingerprint density at radius 2 is 1.79 bits per heavy atom. The number of carbonyl (C=O) groups is 2. The quantitative estimate of drug-likeness (QED) is 0.415. The number of fused-ring (bicyclic) bond motifs is 4. The van der Waals surface area contributed by atoms with Crippen LogP contribution < -0.4 is 0 Å². The summed E-state index contributed by atoms with van der Waals surface area (Å²) >= 11 is 0. The lowest BCUT2D eigenvalue weighted by Gasteiger charge is -2.50. The molecular formula is C31H34N6O2. The first kappa shape index (κ1) is 24.2. The molecule has 200 valence electrons. The van der Waals surface area contributed by atoms with Crippen LogP contribution in [0.5, 0.6) is 0 Å². The van der Waals surface area contributed by atoms with E-state index < -0.39 is 6.04 Å². The summed E-state index contributed by atoms with van der Waals surface area (Å²) in [5.74, 6) is 1.12. The van der Waals surface area contributed by atoms with Crippen LogP contribution in [-0.4, -0.2) is 73.2 Å². The molecule has 4 aromatic rings. The molecule has 0 bridgehead atoms. The van der Waals surface area contributed by atoms with E-state index >= 15 is 0 Å². The number of imidazole rings is 1. The molecule has 0 radical (unpaired) electrons. The smallest absolute Gasteiger partial charge is 0.246 e. The van der Waals surface area contributed by atoms with Gasteiger partial charge in [-0.2, -0.15) is 0 Å². The lowest BCUT2D eigenvalue weighted by molar-refractivity contribution is -0.163. The number of aromatic nitrogens is 3. The maximum atomic E-state index is 14.2. The fraction of sp³-hybridized carbons (Fsp3) is 0.387. The van der Waals surface area contributed by atoms with Crippen molar-refractivity contribution in [3.8, 4) is 0 Å². The van der Waals surface area contributed by atoms with Gasteiger partial charge < -0.3 is 19.8 Å². The summed E-state index contributed by atoms with van der Waals surface area (Å²) in [6.07, 6.45) is 6.61. The summed E-state index contributed by atoms with van der Waals surface area (Å²) in [4.78, 5) is 45.5. The number of likely N-dealkylation sites (tertiary alicyclic amines) is 1. The molecule has 2 saturated heterocycles. The van der Waals surface area contributed by atoms with Gasteiger partial charge in [0.2, 0.25) is 11.8 Å². The van der Waals surface area contributed by atoms with E-state index in [-0.39, 0.29) is 36.5 Å². The summed E-state index contributed by atoms with van der Waals surface area (Å²) in [6.45, 7) is 4.08. The lowest BCUT2D eigenvalue weighted by Crippen LogP contribution is -2.65. The first-order valence-corrected chi connectivity index (χ1v) is 14.1. The monoisotopic (exact) mass is 522 g/mol. The van der Waals surface area contributed by atoms with Crippen molar-refractivity contribution >= 4 is 22.7 Å². The standard InChI is InChI=1S/C31H34N6O2/c1-20(30-32-13-14-33-30)35-15-11-22(12-16-35)36-19-28(38)37-26(17-21-7-3-2-4-8-21)29-24(18-27(37)31(36)39)23-9-5-6-10-25(23)34-29/h2-10,13-14,20,22,26-27,34H,11-12,15-19H2,1H3,(H,32,33)/t20?,26-,27+/m0/s1. The van der Waals surface area contributed by atoms with Gasteiger partial charge in [0.25, 0.3) is 0 Å². The van der Waals surface area contributed by atoms with Gasteiger partial charge in [-0.3, -0.25) is 14.5 Å². The average molecular weight is 523 g/mol. The zero-order chi connectivity index (χ0) is 26.5. The van der Waals surface area contributed by atoms with E-state index in [9.17, 15) is 9.59 Å². The molecule has 3 aliphatic rings. The highest BCUT2D eigenvalue weighted by Crippen LogP contribution is 2.41. The number of piperidine rings is 1. The second kappa shape index (κ2) is 9.68. The molecule has 2 aromatic carbocycles. The molecule has 3 aliphatic heterocycles. The van der Waals surface area contributed by atoms with E-state index in [0.717, 1.165) is 53.9 Å². The van der Waals surface area contributed by atoms with E-state index in [2.05, 4.69) is 51.0 Å². The zero-order valence-corrected chi connectivity index (χ0v) is 22.2. The lowest BCUT2D eigenvalue weighted by atomic mass is 9.86. The normalized spacial score (nSPS) is 23.2. The minimum absolute atomic E-state index is 0.0521. The predicted molar refractivity (Wildman–Crippen MR) is 149 cm³/mol. The van der Waals surface area contributed by atoms with Crippen molar-refractivity contribution in [2.24, 2.45) is 0 Å². The van der Waals surface area contributed by atoms with Gasteiger partial charge in [0.05, 0.1) is 12.1 Å². The molecule has 2 aromatic heterocycles. The number of rotatable bonds is 5. The number of benzene rings is 2. The molecule has 2 fully saturated rings. The molecule has 39 heavy (non-hydrogen) atoms. The highest BCUT2D eigenvalue weighted by atomic mass is 16.2. The number of carbonyl (C=O) groups excluding carboxylic acids is 2. The molecule has 8 heteroatoms. The summed E-state index contributed by atoms with van der Waals surface area (Å²) in [7, 11) is 0. The molecule has 2 amide bonds. The van der Waals surface area contributed by atoms with Crippen molar-refractivity contribution in [2.45, 2.75) is 56.8 Å². The molecule has 3 atom stereocenters. The van der Waals surface area contributed by atoms with Crippen molar-refractivity contribution in [2.75, 3.05) is 19.6 Å². The fourth-order valence-corrected chi connectivity index (χ4v) is 7.03. The molecule has 0 saturated carbocycles. The van der Waals surface area contributed by atoms with Crippen molar-refractivity contribution in [3.63, 3.8) is 0 Å². The Morgan fingerprint density at radius 1 is 1.03 bits per heavy atom. The minimum atomic E-state index is -0.466. The van der Waals surface area contributed by atoms with Gasteiger partial charge in [-0.25, -0.2) is 4.98 Å². The number of amides is 2. The summed E-state index contributed by atoms with van der Waals surface area (Å²) in [5, 5.41) is 1.16. The third-order valence-corrected chi connectivity index (χ3v) is 9.09. The molecule has 8 nitrogen and oxygen atoms in total. The topological polar surface area (TPSA) is 88.3 Å². The minimum Gasteiger partial charge on any atom is -0.356 e. The van der Waals surface area contributed by atoms with Crippen LogP contribution >= 0.6 is 0 Å². The number of para-hydroxylation sites is 1. The second-order valence-electron chi connectivity index (χ2n) is 11.2. The van der Waals surface area contributed by atoms with E-state index in [1.54, 1.807) is 6.20 Å². The SMILES string of the molecule is CC(c1ncc[nH]1)N1CCC(N2CC(=O)N3[C@H](Cc4c([nH]c5ccccc45)[C@@H]3Cc3ccccc3)C2=O)CC1. The van der Waals surface area contributed by atoms with Crippen LogP contribution in [0.15, 0.2) is 67.0 Å². The Labute approximate surface area is 228 Å². The van der Waals surface area contributed by atoms with E-state index in [1.165, 1.54) is 5.56 Å². The Kier molecular flexibility index (Phi) is 6.00. The molecule has 1 unspecified atom stereocenters. The van der Waals surface area contributed by atoms with Crippen LogP contribution in [0.1, 0.15) is 54.5 Å². The number of piperazine rings is 1. The molecule has 0 aliphatic carbocycles. The van der Waals surface area contributed by atoms with Crippen molar-refractivity contribution < 1.29 is 9.59 Å². The maximum absolute atomic E-state index is 14.2. The largest absolute Gasteiger partial charge is 0.356 e. The predicted octanol–water partition coefficient (Wildman–Crippen LogP) is 4.00. The van der Waals surface area contributed by atoms with Crippen molar-refractivity contribution in [3.05, 3.63) is 89.6 Å². The fourth-order valence-electron chi connectivity index (χ4n) is 7.03. The summed E-state index contributed by atoms with van der Waals surface area (Å²) in [5.41, 5.74) is 4.48. The number of nitrogens with one attached hydrogen (secondary N) is 2. The van der Waals surface area contributed by atoms with Crippen LogP contribution in [0.4, 0.5) is 0 Å². The number of H-pyrrole nitrogens is 2. The van der Waals surface area contributed by atoms with Gasteiger partial charge in [-0.15, -0.1) is 0 Å². The molecule has 0 spiro atoms. The number of aromatic amines is 2. The first-order chi connectivity index (χ1) is 19.1.